The molecule has 0 saturated heterocycles. The highest BCUT2D eigenvalue weighted by Gasteiger charge is 2.20. The van der Waals surface area contributed by atoms with E-state index in [4.69, 9.17) is 4.98 Å². The van der Waals surface area contributed by atoms with Crippen molar-refractivity contribution in [3.8, 4) is 0 Å². The predicted octanol–water partition coefficient (Wildman–Crippen LogP) is 4.23. The first-order valence-electron chi connectivity index (χ1n) is 9.08. The van der Waals surface area contributed by atoms with Crippen LogP contribution in [0.3, 0.4) is 0 Å². The van der Waals surface area contributed by atoms with Crippen molar-refractivity contribution in [2.45, 2.75) is 12.6 Å². The summed E-state index contributed by atoms with van der Waals surface area (Å²) in [5, 5.41) is 11.1. The molecule has 4 nitrogen and oxygen atoms in total. The Labute approximate surface area is 159 Å². The van der Waals surface area contributed by atoms with Gasteiger partial charge in [-0.2, -0.15) is 0 Å². The van der Waals surface area contributed by atoms with E-state index in [-0.39, 0.29) is 0 Å². The number of imidazole rings is 1. The molecule has 3 aromatic carbocycles. The van der Waals surface area contributed by atoms with E-state index in [1.54, 1.807) is 0 Å². The van der Waals surface area contributed by atoms with Crippen molar-refractivity contribution in [2.24, 2.45) is 0 Å². The van der Waals surface area contributed by atoms with Crippen LogP contribution in [0.1, 0.15) is 23.1 Å². The molecule has 1 heterocycles. The summed E-state index contributed by atoms with van der Waals surface area (Å²) in [4.78, 5) is 6.79. The van der Waals surface area contributed by atoms with Crippen LogP contribution in [-0.2, 0) is 6.54 Å². The molecular weight excluding hydrogens is 334 g/mol. The molecule has 1 aromatic heterocycles. The summed E-state index contributed by atoms with van der Waals surface area (Å²) >= 11 is 0. The maximum Gasteiger partial charge on any atom is 0.143 e. The second-order valence-corrected chi connectivity index (χ2v) is 6.92. The van der Waals surface area contributed by atoms with Gasteiger partial charge in [0.15, 0.2) is 0 Å². The first kappa shape index (κ1) is 17.3. The molecule has 0 spiro atoms. The predicted molar refractivity (Wildman–Crippen MR) is 110 cm³/mol. The van der Waals surface area contributed by atoms with Crippen molar-refractivity contribution in [1.82, 2.24) is 9.55 Å². The highest BCUT2D eigenvalue weighted by Crippen LogP contribution is 2.27. The van der Waals surface area contributed by atoms with Crippen LogP contribution in [-0.4, -0.2) is 28.8 Å². The Morgan fingerprint density at radius 1 is 0.889 bits per heavy atom. The molecule has 0 aliphatic heterocycles. The minimum absolute atomic E-state index is 0.664. The normalized spacial score (nSPS) is 12.3. The van der Waals surface area contributed by atoms with Crippen LogP contribution in [0.15, 0.2) is 78.9 Å². The Kier molecular flexibility index (Phi) is 4.65. The van der Waals surface area contributed by atoms with Gasteiger partial charge < -0.3 is 14.6 Å². The van der Waals surface area contributed by atoms with Crippen molar-refractivity contribution < 1.29 is 5.11 Å². The van der Waals surface area contributed by atoms with E-state index in [1.165, 1.54) is 5.56 Å². The molecule has 0 aliphatic carbocycles. The second kappa shape index (κ2) is 7.25. The largest absolute Gasteiger partial charge is 0.380 e. The van der Waals surface area contributed by atoms with Gasteiger partial charge in [0.05, 0.1) is 11.0 Å². The van der Waals surface area contributed by atoms with E-state index in [0.29, 0.717) is 12.4 Å². The SMILES string of the molecule is CN(C)c1ccc([C@@H](O)c2nc3ccccc3n2Cc2ccccc2)cc1. The Morgan fingerprint density at radius 2 is 1.56 bits per heavy atom. The molecule has 1 atom stereocenters. The van der Waals surface area contributed by atoms with Gasteiger partial charge in [-0.25, -0.2) is 4.98 Å². The van der Waals surface area contributed by atoms with Gasteiger partial charge in [-0.15, -0.1) is 0 Å². The average Bonchev–Trinajstić information content (AvgIpc) is 3.07. The fourth-order valence-corrected chi connectivity index (χ4v) is 3.34. The molecule has 136 valence electrons. The zero-order chi connectivity index (χ0) is 18.8. The van der Waals surface area contributed by atoms with Crippen LogP contribution in [0.2, 0.25) is 0 Å². The number of anilines is 1. The molecule has 4 rings (SSSR count). The number of aliphatic hydroxyl groups excluding tert-OH is 1. The van der Waals surface area contributed by atoms with Crippen molar-refractivity contribution in [2.75, 3.05) is 19.0 Å². The van der Waals surface area contributed by atoms with Crippen LogP contribution < -0.4 is 4.90 Å². The van der Waals surface area contributed by atoms with Crippen LogP contribution in [0, 0.1) is 0 Å². The quantitative estimate of drug-likeness (QED) is 0.581. The van der Waals surface area contributed by atoms with Gasteiger partial charge in [0.1, 0.15) is 11.9 Å². The molecule has 0 amide bonds. The Morgan fingerprint density at radius 3 is 2.26 bits per heavy atom. The van der Waals surface area contributed by atoms with E-state index in [1.807, 2.05) is 79.7 Å². The standard InChI is InChI=1S/C23H23N3O/c1-25(2)19-14-12-18(13-15-19)22(27)23-24-20-10-6-7-11-21(20)26(23)16-17-8-4-3-5-9-17/h3-15,22,27H,16H2,1-2H3/t22-/m1/s1. The molecule has 0 saturated carbocycles. The summed E-state index contributed by atoms with van der Waals surface area (Å²) in [7, 11) is 4.01. The number of rotatable bonds is 5. The molecule has 0 bridgehead atoms. The Bertz CT molecular complexity index is 1040. The maximum absolute atomic E-state index is 11.1. The third-order valence-electron chi connectivity index (χ3n) is 4.84. The van der Waals surface area contributed by atoms with Crippen molar-refractivity contribution in [3.05, 3.63) is 95.8 Å². The lowest BCUT2D eigenvalue weighted by Crippen LogP contribution is -2.12. The van der Waals surface area contributed by atoms with Gasteiger partial charge in [0.2, 0.25) is 0 Å². The molecule has 1 N–H and O–H groups in total. The zero-order valence-electron chi connectivity index (χ0n) is 15.6. The third kappa shape index (κ3) is 3.44. The molecule has 0 fully saturated rings. The van der Waals surface area contributed by atoms with E-state index < -0.39 is 6.10 Å². The van der Waals surface area contributed by atoms with E-state index in [2.05, 4.69) is 22.8 Å². The number of fused-ring (bicyclic) bond motifs is 1. The van der Waals surface area contributed by atoms with Gasteiger partial charge in [0, 0.05) is 26.3 Å². The minimum atomic E-state index is -0.780. The number of nitrogens with zero attached hydrogens (tertiary/aromatic N) is 3. The monoisotopic (exact) mass is 357 g/mol. The van der Waals surface area contributed by atoms with Crippen LogP contribution >= 0.6 is 0 Å². The van der Waals surface area contributed by atoms with Crippen molar-refractivity contribution >= 4 is 16.7 Å². The fourth-order valence-electron chi connectivity index (χ4n) is 3.34. The summed E-state index contributed by atoms with van der Waals surface area (Å²) in [6.45, 7) is 0.670. The lowest BCUT2D eigenvalue weighted by molar-refractivity contribution is 0.206. The highest BCUT2D eigenvalue weighted by atomic mass is 16.3. The lowest BCUT2D eigenvalue weighted by Gasteiger charge is -2.17. The number of aliphatic hydroxyl groups is 1. The number of aromatic nitrogens is 2. The van der Waals surface area contributed by atoms with Crippen LogP contribution in [0.4, 0.5) is 5.69 Å². The van der Waals surface area contributed by atoms with Gasteiger partial charge in [-0.05, 0) is 35.4 Å². The third-order valence-corrected chi connectivity index (χ3v) is 4.84. The molecule has 0 radical (unpaired) electrons. The summed E-state index contributed by atoms with van der Waals surface area (Å²) in [6.07, 6.45) is -0.780. The second-order valence-electron chi connectivity index (χ2n) is 6.92. The molecular formula is C23H23N3O. The van der Waals surface area contributed by atoms with Gasteiger partial charge in [0.25, 0.3) is 0 Å². The highest BCUT2D eigenvalue weighted by molar-refractivity contribution is 5.76. The summed E-state index contributed by atoms with van der Waals surface area (Å²) in [5.41, 5.74) is 5.04. The van der Waals surface area contributed by atoms with Gasteiger partial charge in [-0.1, -0.05) is 54.6 Å². The molecule has 0 aliphatic rings. The molecule has 27 heavy (non-hydrogen) atoms. The minimum Gasteiger partial charge on any atom is -0.380 e. The number of para-hydroxylation sites is 2. The summed E-state index contributed by atoms with van der Waals surface area (Å²) < 4.78 is 2.11. The summed E-state index contributed by atoms with van der Waals surface area (Å²) in [6, 6.07) is 26.3. The lowest BCUT2D eigenvalue weighted by atomic mass is 10.1. The average molecular weight is 357 g/mol. The Balaban J connectivity index is 1.77. The van der Waals surface area contributed by atoms with Crippen molar-refractivity contribution in [1.29, 1.82) is 0 Å². The number of benzene rings is 3. The smallest absolute Gasteiger partial charge is 0.143 e. The topological polar surface area (TPSA) is 41.3 Å². The van der Waals surface area contributed by atoms with E-state index >= 15 is 0 Å². The first-order valence-corrected chi connectivity index (χ1v) is 9.08. The van der Waals surface area contributed by atoms with Crippen molar-refractivity contribution in [3.63, 3.8) is 0 Å². The molecule has 4 heteroatoms. The number of hydrogen-bond acceptors (Lipinski definition) is 3. The van der Waals surface area contributed by atoms with E-state index in [0.717, 1.165) is 22.3 Å². The Hall–Kier alpha value is -3.11. The number of hydrogen-bond donors (Lipinski definition) is 1. The maximum atomic E-state index is 11.1. The van der Waals surface area contributed by atoms with Gasteiger partial charge >= 0.3 is 0 Å². The van der Waals surface area contributed by atoms with Crippen LogP contribution in [0.25, 0.3) is 11.0 Å². The van der Waals surface area contributed by atoms with E-state index in [9.17, 15) is 5.11 Å². The fraction of sp³-hybridized carbons (Fsp3) is 0.174. The van der Waals surface area contributed by atoms with Crippen LogP contribution in [0.5, 0.6) is 0 Å². The zero-order valence-corrected chi connectivity index (χ0v) is 15.6. The molecule has 0 unspecified atom stereocenters. The first-order chi connectivity index (χ1) is 13.1. The molecule has 4 aromatic rings. The summed E-state index contributed by atoms with van der Waals surface area (Å²) in [5.74, 6) is 0.664. The van der Waals surface area contributed by atoms with Gasteiger partial charge in [-0.3, -0.25) is 0 Å².